The van der Waals surface area contributed by atoms with Gasteiger partial charge < -0.3 is 10.3 Å². The summed E-state index contributed by atoms with van der Waals surface area (Å²) in [5, 5.41) is 18.8. The maximum absolute atomic E-state index is 11.8. The van der Waals surface area contributed by atoms with Crippen LogP contribution in [0.5, 0.6) is 0 Å². The van der Waals surface area contributed by atoms with E-state index in [4.69, 9.17) is 10.3 Å². The van der Waals surface area contributed by atoms with Crippen LogP contribution in [-0.4, -0.2) is 28.3 Å². The molecule has 0 spiro atoms. The Morgan fingerprint density at radius 1 is 1.45 bits per heavy atom. The van der Waals surface area contributed by atoms with E-state index in [-0.39, 0.29) is 0 Å². The average Bonchev–Trinajstić information content (AvgIpc) is 1.81. The number of rotatable bonds is 2. The molecule has 6 heteroatoms. The van der Waals surface area contributed by atoms with Crippen LogP contribution in [-0.2, 0) is 0 Å². The number of halogens is 3. The molecular weight excluding hydrogens is 163 g/mol. The van der Waals surface area contributed by atoms with Gasteiger partial charge in [-0.15, -0.1) is 5.16 Å². The molecule has 0 saturated carbocycles. The number of nitrogens with zero attached hydrogens (tertiary/aromatic N) is 1. The fourth-order valence-electron chi connectivity index (χ4n) is 0.334. The van der Waals surface area contributed by atoms with Crippen LogP contribution in [0.15, 0.2) is 5.16 Å². The summed E-state index contributed by atoms with van der Waals surface area (Å²) < 4.78 is 35.3. The van der Waals surface area contributed by atoms with Crippen LogP contribution >= 0.6 is 0 Å². The maximum atomic E-state index is 11.8. The third-order valence-electron chi connectivity index (χ3n) is 1.18. The Kier molecular flexibility index (Phi) is 2.86. The van der Waals surface area contributed by atoms with Crippen molar-refractivity contribution in [3.05, 3.63) is 0 Å². The molecule has 0 bridgehead atoms. The highest BCUT2D eigenvalue weighted by Crippen LogP contribution is 2.31. The van der Waals surface area contributed by atoms with Gasteiger partial charge in [0, 0.05) is 12.6 Å². The van der Waals surface area contributed by atoms with Crippen molar-refractivity contribution in [3.8, 4) is 0 Å². The highest BCUT2D eigenvalue weighted by atomic mass is 19.4. The zero-order valence-electron chi connectivity index (χ0n) is 5.76. The van der Waals surface area contributed by atoms with Gasteiger partial charge in [-0.1, -0.05) is 0 Å². The smallest absolute Gasteiger partial charge is 0.411 e. The predicted molar refractivity (Wildman–Crippen MR) is 31.6 cm³/mol. The van der Waals surface area contributed by atoms with Gasteiger partial charge in [-0.05, 0) is 6.92 Å². The van der Waals surface area contributed by atoms with Crippen molar-refractivity contribution in [1.82, 2.24) is 0 Å². The van der Waals surface area contributed by atoms with Crippen LogP contribution in [0, 0.1) is 0 Å². The predicted octanol–water partition coefficient (Wildman–Crippen LogP) is 1.15. The zero-order valence-corrected chi connectivity index (χ0v) is 5.76. The van der Waals surface area contributed by atoms with E-state index in [0.29, 0.717) is 13.1 Å². The molecular formula is C5H8F3NO2. The number of aliphatic hydroxyl groups is 1. The Balaban J connectivity index is 4.22. The molecule has 0 heterocycles. The van der Waals surface area contributed by atoms with E-state index in [1.165, 1.54) is 0 Å². The SMILES string of the molecule is CC(O)(CC=NO)C(F)(F)F. The van der Waals surface area contributed by atoms with Crippen molar-refractivity contribution in [2.45, 2.75) is 25.1 Å². The second-order valence-corrected chi connectivity index (χ2v) is 2.27. The van der Waals surface area contributed by atoms with Crippen molar-refractivity contribution in [2.24, 2.45) is 5.16 Å². The molecule has 0 aromatic carbocycles. The van der Waals surface area contributed by atoms with Gasteiger partial charge in [0.05, 0.1) is 0 Å². The van der Waals surface area contributed by atoms with Gasteiger partial charge in [0.2, 0.25) is 0 Å². The fourth-order valence-corrected chi connectivity index (χ4v) is 0.334. The number of oxime groups is 1. The van der Waals surface area contributed by atoms with Gasteiger partial charge in [0.1, 0.15) is 0 Å². The highest BCUT2D eigenvalue weighted by Gasteiger charge is 2.49. The van der Waals surface area contributed by atoms with Crippen molar-refractivity contribution in [3.63, 3.8) is 0 Å². The lowest BCUT2D eigenvalue weighted by Gasteiger charge is -2.23. The van der Waals surface area contributed by atoms with E-state index in [1.54, 1.807) is 0 Å². The summed E-state index contributed by atoms with van der Waals surface area (Å²) >= 11 is 0. The third-order valence-corrected chi connectivity index (χ3v) is 1.18. The zero-order chi connectivity index (χ0) is 9.12. The summed E-state index contributed by atoms with van der Waals surface area (Å²) in [6.07, 6.45) is -4.87. The monoisotopic (exact) mass is 171 g/mol. The second-order valence-electron chi connectivity index (χ2n) is 2.27. The van der Waals surface area contributed by atoms with Crippen molar-refractivity contribution in [1.29, 1.82) is 0 Å². The van der Waals surface area contributed by atoms with Gasteiger partial charge in [0.15, 0.2) is 5.60 Å². The molecule has 11 heavy (non-hydrogen) atoms. The summed E-state index contributed by atoms with van der Waals surface area (Å²) in [5.74, 6) is 0. The summed E-state index contributed by atoms with van der Waals surface area (Å²) in [7, 11) is 0. The molecule has 0 saturated heterocycles. The minimum Gasteiger partial charge on any atom is -0.411 e. The van der Waals surface area contributed by atoms with Crippen LogP contribution in [0.2, 0.25) is 0 Å². The second kappa shape index (κ2) is 3.08. The summed E-state index contributed by atoms with van der Waals surface area (Å²) in [5.41, 5.74) is -2.82. The fraction of sp³-hybridized carbons (Fsp3) is 0.800. The molecule has 0 rings (SSSR count). The minimum absolute atomic E-state index is 0.591. The van der Waals surface area contributed by atoms with Crippen molar-refractivity contribution < 1.29 is 23.5 Å². The third kappa shape index (κ3) is 2.75. The molecule has 0 aromatic heterocycles. The van der Waals surface area contributed by atoms with E-state index in [2.05, 4.69) is 5.16 Å². The normalized spacial score (nSPS) is 18.6. The van der Waals surface area contributed by atoms with Gasteiger partial charge in [-0.25, -0.2) is 0 Å². The number of hydrogen-bond acceptors (Lipinski definition) is 3. The molecule has 0 aromatic rings. The molecule has 0 amide bonds. The molecule has 2 N–H and O–H groups in total. The Morgan fingerprint density at radius 3 is 2.18 bits per heavy atom. The first kappa shape index (κ1) is 10.2. The standard InChI is InChI=1S/C5H8F3NO2/c1-4(10,2-3-9-11)5(6,7)8/h3,10-11H,2H2,1H3. The summed E-state index contributed by atoms with van der Waals surface area (Å²) in [4.78, 5) is 0. The summed E-state index contributed by atoms with van der Waals surface area (Å²) in [6, 6.07) is 0. The van der Waals surface area contributed by atoms with E-state index < -0.39 is 18.2 Å². The molecule has 1 atom stereocenters. The lowest BCUT2D eigenvalue weighted by Crippen LogP contribution is -2.42. The Hall–Kier alpha value is -0.780. The maximum Gasteiger partial charge on any atom is 0.417 e. The largest absolute Gasteiger partial charge is 0.417 e. The summed E-state index contributed by atoms with van der Waals surface area (Å²) in [6.45, 7) is 0.606. The molecule has 0 aliphatic heterocycles. The minimum atomic E-state index is -4.70. The number of hydrogen-bond donors (Lipinski definition) is 2. The van der Waals surface area contributed by atoms with E-state index in [1.807, 2.05) is 0 Å². The van der Waals surface area contributed by atoms with Crippen molar-refractivity contribution in [2.75, 3.05) is 0 Å². The molecule has 0 fully saturated rings. The molecule has 1 unspecified atom stereocenters. The van der Waals surface area contributed by atoms with Gasteiger partial charge in [0.25, 0.3) is 0 Å². The van der Waals surface area contributed by atoms with E-state index >= 15 is 0 Å². The number of alkyl halides is 3. The highest BCUT2D eigenvalue weighted by molar-refractivity contribution is 5.57. The Labute approximate surface area is 61.1 Å². The Morgan fingerprint density at radius 2 is 1.91 bits per heavy atom. The van der Waals surface area contributed by atoms with Crippen LogP contribution in [0.3, 0.4) is 0 Å². The van der Waals surface area contributed by atoms with Crippen LogP contribution in [0.4, 0.5) is 13.2 Å². The quantitative estimate of drug-likeness (QED) is 0.372. The van der Waals surface area contributed by atoms with E-state index in [9.17, 15) is 13.2 Å². The molecule has 0 aliphatic rings. The van der Waals surface area contributed by atoms with Crippen LogP contribution < -0.4 is 0 Å². The van der Waals surface area contributed by atoms with Crippen LogP contribution in [0.25, 0.3) is 0 Å². The molecule has 0 radical (unpaired) electrons. The van der Waals surface area contributed by atoms with E-state index in [0.717, 1.165) is 0 Å². The van der Waals surface area contributed by atoms with Gasteiger partial charge in [-0.3, -0.25) is 0 Å². The first-order valence-corrected chi connectivity index (χ1v) is 2.76. The van der Waals surface area contributed by atoms with Crippen molar-refractivity contribution >= 4 is 6.21 Å². The topological polar surface area (TPSA) is 52.8 Å². The first-order valence-electron chi connectivity index (χ1n) is 2.76. The molecule has 3 nitrogen and oxygen atoms in total. The average molecular weight is 171 g/mol. The Bertz CT molecular complexity index is 152. The first-order chi connectivity index (χ1) is 4.81. The molecule has 66 valence electrons. The van der Waals surface area contributed by atoms with Gasteiger partial charge in [-0.2, -0.15) is 13.2 Å². The van der Waals surface area contributed by atoms with Gasteiger partial charge >= 0.3 is 6.18 Å². The lowest BCUT2D eigenvalue weighted by molar-refractivity contribution is -0.249. The van der Waals surface area contributed by atoms with Crippen LogP contribution in [0.1, 0.15) is 13.3 Å². The lowest BCUT2D eigenvalue weighted by atomic mass is 10.0. The molecule has 0 aliphatic carbocycles.